The van der Waals surface area contributed by atoms with Crippen LogP contribution in [0.3, 0.4) is 0 Å². The molecule has 2 aromatic rings. The summed E-state index contributed by atoms with van der Waals surface area (Å²) in [5.41, 5.74) is 6.82. The second-order valence-corrected chi connectivity index (χ2v) is 6.06. The minimum atomic E-state index is -0.353. The number of amides is 2. The minimum absolute atomic E-state index is 0.0849. The molecule has 7 nitrogen and oxygen atoms in total. The van der Waals surface area contributed by atoms with Gasteiger partial charge in [0.05, 0.1) is 5.92 Å². The lowest BCUT2D eigenvalue weighted by Gasteiger charge is -2.33. The first-order valence-electron chi connectivity index (χ1n) is 8.14. The van der Waals surface area contributed by atoms with Gasteiger partial charge in [0.2, 0.25) is 5.91 Å². The summed E-state index contributed by atoms with van der Waals surface area (Å²) in [5.74, 6) is -0.718. The van der Waals surface area contributed by atoms with Gasteiger partial charge in [0, 0.05) is 30.5 Å². The van der Waals surface area contributed by atoms with Crippen LogP contribution >= 0.6 is 0 Å². The molecule has 1 saturated heterocycles. The second kappa shape index (κ2) is 7.21. The normalized spacial score (nSPS) is 17.1. The quantitative estimate of drug-likeness (QED) is 0.785. The molecule has 1 atom stereocenters. The van der Waals surface area contributed by atoms with E-state index in [4.69, 9.17) is 5.73 Å². The van der Waals surface area contributed by atoms with Crippen LogP contribution in [-0.4, -0.2) is 35.0 Å². The molecule has 130 valence electrons. The summed E-state index contributed by atoms with van der Waals surface area (Å²) >= 11 is 0. The molecule has 1 fully saturated rings. The van der Waals surface area contributed by atoms with Gasteiger partial charge in [0.1, 0.15) is 0 Å². The number of anilines is 2. The highest BCUT2D eigenvalue weighted by atomic mass is 16.3. The van der Waals surface area contributed by atoms with Gasteiger partial charge in [-0.05, 0) is 49.2 Å². The Morgan fingerprint density at radius 1 is 1.24 bits per heavy atom. The molecular formula is C18H20N4O3. The lowest BCUT2D eigenvalue weighted by molar-refractivity contribution is -0.122. The molecule has 0 spiro atoms. The van der Waals surface area contributed by atoms with Gasteiger partial charge in [-0.15, -0.1) is 0 Å². The van der Waals surface area contributed by atoms with Gasteiger partial charge >= 0.3 is 0 Å². The zero-order chi connectivity index (χ0) is 17.8. The van der Waals surface area contributed by atoms with E-state index >= 15 is 0 Å². The molecule has 0 bridgehead atoms. The molecule has 3 rings (SSSR count). The number of aromatic hydroxyl groups is 1. The van der Waals surface area contributed by atoms with Gasteiger partial charge < -0.3 is 21.1 Å². The van der Waals surface area contributed by atoms with Gasteiger partial charge in [0.15, 0.2) is 11.6 Å². The Morgan fingerprint density at radius 2 is 2.00 bits per heavy atom. The lowest BCUT2D eigenvalue weighted by Crippen LogP contribution is -2.41. The van der Waals surface area contributed by atoms with E-state index in [-0.39, 0.29) is 29.3 Å². The summed E-state index contributed by atoms with van der Waals surface area (Å²) in [6, 6.07) is 10.1. The molecule has 7 heteroatoms. The number of nitrogens with one attached hydrogen (secondary N) is 1. The zero-order valence-electron chi connectivity index (χ0n) is 13.7. The summed E-state index contributed by atoms with van der Waals surface area (Å²) in [5, 5.41) is 12.2. The fourth-order valence-electron chi connectivity index (χ4n) is 2.94. The van der Waals surface area contributed by atoms with Crippen LogP contribution in [0.2, 0.25) is 0 Å². The van der Waals surface area contributed by atoms with Crippen LogP contribution in [0, 0.1) is 5.92 Å². The Balaban J connectivity index is 1.68. The largest absolute Gasteiger partial charge is 0.504 e. The number of rotatable bonds is 4. The number of primary amides is 1. The molecule has 2 amide bonds. The monoisotopic (exact) mass is 340 g/mol. The first kappa shape index (κ1) is 16.8. The van der Waals surface area contributed by atoms with E-state index < -0.39 is 0 Å². The van der Waals surface area contributed by atoms with Crippen LogP contribution in [0.5, 0.6) is 5.75 Å². The molecule has 25 heavy (non-hydrogen) atoms. The smallest absolute Gasteiger partial charge is 0.256 e. The molecule has 0 unspecified atom stereocenters. The maximum absolute atomic E-state index is 12.3. The Bertz CT molecular complexity index is 776. The third-order valence-electron chi connectivity index (χ3n) is 4.34. The summed E-state index contributed by atoms with van der Waals surface area (Å²) in [4.78, 5) is 29.7. The Hall–Kier alpha value is -3.09. The number of carbonyl (C=O) groups is 2. The Labute approximate surface area is 145 Å². The maximum Gasteiger partial charge on any atom is 0.256 e. The Morgan fingerprint density at radius 3 is 2.68 bits per heavy atom. The summed E-state index contributed by atoms with van der Waals surface area (Å²) in [6.07, 6.45) is 3.22. The lowest BCUT2D eigenvalue weighted by atomic mass is 9.97. The topological polar surface area (TPSA) is 109 Å². The van der Waals surface area contributed by atoms with Crippen molar-refractivity contribution < 1.29 is 14.7 Å². The average molecular weight is 340 g/mol. The van der Waals surface area contributed by atoms with Gasteiger partial charge in [-0.2, -0.15) is 0 Å². The SMILES string of the molecule is NC(=O)[C@@H]1CCCN(c2ccc(C(=O)Nc3ncccc3O)cc2)C1. The number of pyridine rings is 1. The number of aromatic nitrogens is 1. The van der Waals surface area contributed by atoms with Crippen molar-refractivity contribution in [1.29, 1.82) is 0 Å². The van der Waals surface area contributed by atoms with E-state index in [1.807, 2.05) is 12.1 Å². The van der Waals surface area contributed by atoms with E-state index in [0.717, 1.165) is 25.1 Å². The summed E-state index contributed by atoms with van der Waals surface area (Å²) in [6.45, 7) is 1.46. The molecule has 1 aromatic carbocycles. The number of nitrogens with zero attached hydrogens (tertiary/aromatic N) is 2. The predicted molar refractivity (Wildman–Crippen MR) is 94.4 cm³/mol. The molecule has 1 aliphatic rings. The molecule has 4 N–H and O–H groups in total. The number of hydrogen-bond donors (Lipinski definition) is 3. The van der Waals surface area contributed by atoms with Crippen LogP contribution in [0.25, 0.3) is 0 Å². The van der Waals surface area contributed by atoms with E-state index in [1.54, 1.807) is 18.2 Å². The van der Waals surface area contributed by atoms with Crippen molar-refractivity contribution in [1.82, 2.24) is 4.98 Å². The number of benzene rings is 1. The van der Waals surface area contributed by atoms with E-state index in [0.29, 0.717) is 12.1 Å². The summed E-state index contributed by atoms with van der Waals surface area (Å²) in [7, 11) is 0. The van der Waals surface area contributed by atoms with E-state index in [2.05, 4.69) is 15.2 Å². The van der Waals surface area contributed by atoms with Crippen LogP contribution in [0.1, 0.15) is 23.2 Å². The number of piperidine rings is 1. The van der Waals surface area contributed by atoms with Crippen molar-refractivity contribution in [2.45, 2.75) is 12.8 Å². The Kier molecular flexibility index (Phi) is 4.83. The molecule has 1 aromatic heterocycles. The number of hydrogen-bond acceptors (Lipinski definition) is 5. The van der Waals surface area contributed by atoms with Crippen LogP contribution in [-0.2, 0) is 4.79 Å². The molecule has 0 radical (unpaired) electrons. The molecule has 1 aliphatic heterocycles. The highest BCUT2D eigenvalue weighted by Gasteiger charge is 2.24. The third kappa shape index (κ3) is 3.88. The third-order valence-corrected chi connectivity index (χ3v) is 4.34. The van der Waals surface area contributed by atoms with Gasteiger partial charge in [0.25, 0.3) is 5.91 Å². The van der Waals surface area contributed by atoms with Gasteiger partial charge in [-0.25, -0.2) is 4.98 Å². The standard InChI is InChI=1S/C18H20N4O3/c19-16(24)13-3-2-10-22(11-13)14-7-5-12(6-8-14)18(25)21-17-15(23)4-1-9-20-17/h1,4-9,13,23H,2-3,10-11H2,(H2,19,24)(H,20,21,25)/t13-/m1/s1. The van der Waals surface area contributed by atoms with Crippen molar-refractivity contribution in [3.05, 3.63) is 48.2 Å². The van der Waals surface area contributed by atoms with Crippen molar-refractivity contribution in [2.75, 3.05) is 23.3 Å². The molecule has 2 heterocycles. The second-order valence-electron chi connectivity index (χ2n) is 6.06. The van der Waals surface area contributed by atoms with Crippen LogP contribution < -0.4 is 16.0 Å². The number of nitrogens with two attached hydrogens (primary N) is 1. The molecular weight excluding hydrogens is 320 g/mol. The molecule has 0 saturated carbocycles. The van der Waals surface area contributed by atoms with Crippen molar-refractivity contribution in [2.24, 2.45) is 11.7 Å². The van der Waals surface area contributed by atoms with E-state index in [1.165, 1.54) is 12.3 Å². The summed E-state index contributed by atoms with van der Waals surface area (Å²) < 4.78 is 0. The fraction of sp³-hybridized carbons (Fsp3) is 0.278. The van der Waals surface area contributed by atoms with Crippen molar-refractivity contribution >= 4 is 23.3 Å². The van der Waals surface area contributed by atoms with Crippen LogP contribution in [0.15, 0.2) is 42.6 Å². The van der Waals surface area contributed by atoms with Gasteiger partial charge in [-0.3, -0.25) is 9.59 Å². The highest BCUT2D eigenvalue weighted by molar-refractivity contribution is 6.04. The zero-order valence-corrected chi connectivity index (χ0v) is 13.7. The first-order valence-corrected chi connectivity index (χ1v) is 8.14. The van der Waals surface area contributed by atoms with Gasteiger partial charge in [-0.1, -0.05) is 0 Å². The fourth-order valence-corrected chi connectivity index (χ4v) is 2.94. The van der Waals surface area contributed by atoms with Crippen molar-refractivity contribution in [3.63, 3.8) is 0 Å². The van der Waals surface area contributed by atoms with Crippen LogP contribution in [0.4, 0.5) is 11.5 Å². The highest BCUT2D eigenvalue weighted by Crippen LogP contribution is 2.24. The van der Waals surface area contributed by atoms with Crippen molar-refractivity contribution in [3.8, 4) is 5.75 Å². The van der Waals surface area contributed by atoms with E-state index in [9.17, 15) is 14.7 Å². The predicted octanol–water partition coefficient (Wildman–Crippen LogP) is 1.74. The maximum atomic E-state index is 12.3. The first-order chi connectivity index (χ1) is 12.0. The minimum Gasteiger partial charge on any atom is -0.504 e. The number of carbonyl (C=O) groups excluding carboxylic acids is 2. The average Bonchev–Trinajstić information content (AvgIpc) is 2.64. The molecule has 0 aliphatic carbocycles.